The second-order valence-electron chi connectivity index (χ2n) is 6.70. The zero-order chi connectivity index (χ0) is 18.4. The van der Waals surface area contributed by atoms with Crippen LogP contribution in [0.4, 0.5) is 5.69 Å². The fourth-order valence-electron chi connectivity index (χ4n) is 3.19. The maximum absolute atomic E-state index is 12.7. The molecular formula is C21H26ClN3O2. The Balaban J connectivity index is 0.00000261. The summed E-state index contributed by atoms with van der Waals surface area (Å²) >= 11 is 0. The minimum absolute atomic E-state index is 0. The number of para-hydroxylation sites is 1. The van der Waals surface area contributed by atoms with Gasteiger partial charge in [0.05, 0.1) is 0 Å². The van der Waals surface area contributed by atoms with E-state index in [-0.39, 0.29) is 24.2 Å². The van der Waals surface area contributed by atoms with Crippen molar-refractivity contribution in [1.29, 1.82) is 0 Å². The van der Waals surface area contributed by atoms with Crippen molar-refractivity contribution in [2.24, 2.45) is 5.92 Å². The summed E-state index contributed by atoms with van der Waals surface area (Å²) in [4.78, 5) is 26.7. The van der Waals surface area contributed by atoms with E-state index in [0.717, 1.165) is 31.6 Å². The van der Waals surface area contributed by atoms with Crippen LogP contribution in [0, 0.1) is 5.92 Å². The van der Waals surface area contributed by atoms with Crippen LogP contribution in [0.5, 0.6) is 0 Å². The molecule has 2 amide bonds. The summed E-state index contributed by atoms with van der Waals surface area (Å²) in [5.74, 6) is 0.205. The van der Waals surface area contributed by atoms with Gasteiger partial charge < -0.3 is 15.5 Å². The molecule has 0 spiro atoms. The molecule has 1 saturated heterocycles. The highest BCUT2D eigenvalue weighted by Gasteiger charge is 2.17. The Morgan fingerprint density at radius 1 is 1.11 bits per heavy atom. The van der Waals surface area contributed by atoms with Gasteiger partial charge in [-0.05, 0) is 62.2 Å². The first-order valence-electron chi connectivity index (χ1n) is 9.07. The maximum Gasteiger partial charge on any atom is 0.258 e. The van der Waals surface area contributed by atoms with Crippen LogP contribution in [-0.4, -0.2) is 38.5 Å². The molecule has 1 fully saturated rings. The summed E-state index contributed by atoms with van der Waals surface area (Å²) in [7, 11) is 1.74. The number of hydrogen-bond acceptors (Lipinski definition) is 3. The zero-order valence-electron chi connectivity index (χ0n) is 15.5. The van der Waals surface area contributed by atoms with Gasteiger partial charge in [0.1, 0.15) is 0 Å². The van der Waals surface area contributed by atoms with Crippen LogP contribution in [0.3, 0.4) is 0 Å². The van der Waals surface area contributed by atoms with Gasteiger partial charge in [-0.25, -0.2) is 0 Å². The zero-order valence-corrected chi connectivity index (χ0v) is 16.3. The lowest BCUT2D eigenvalue weighted by Gasteiger charge is -2.23. The maximum atomic E-state index is 12.7. The van der Waals surface area contributed by atoms with E-state index in [1.54, 1.807) is 36.2 Å². The molecule has 1 unspecified atom stereocenters. The van der Waals surface area contributed by atoms with Crippen LogP contribution < -0.4 is 15.5 Å². The average molecular weight is 388 g/mol. The normalized spacial score (nSPS) is 16.1. The minimum atomic E-state index is -0.137. The highest BCUT2D eigenvalue weighted by Crippen LogP contribution is 2.16. The van der Waals surface area contributed by atoms with Crippen molar-refractivity contribution >= 4 is 29.9 Å². The van der Waals surface area contributed by atoms with Crippen LogP contribution in [-0.2, 0) is 0 Å². The van der Waals surface area contributed by atoms with Gasteiger partial charge in [-0.2, -0.15) is 0 Å². The van der Waals surface area contributed by atoms with Gasteiger partial charge in [0, 0.05) is 30.4 Å². The average Bonchev–Trinajstić information content (AvgIpc) is 2.72. The van der Waals surface area contributed by atoms with Crippen molar-refractivity contribution < 1.29 is 9.59 Å². The molecule has 2 aromatic rings. The Morgan fingerprint density at radius 3 is 2.56 bits per heavy atom. The first kappa shape index (κ1) is 20.9. The van der Waals surface area contributed by atoms with Gasteiger partial charge in [-0.1, -0.05) is 24.3 Å². The molecule has 27 heavy (non-hydrogen) atoms. The molecule has 0 bridgehead atoms. The lowest BCUT2D eigenvalue weighted by Crippen LogP contribution is -2.38. The lowest BCUT2D eigenvalue weighted by atomic mass is 9.99. The summed E-state index contributed by atoms with van der Waals surface area (Å²) in [6.45, 7) is 2.66. The van der Waals surface area contributed by atoms with Gasteiger partial charge in [-0.3, -0.25) is 9.59 Å². The van der Waals surface area contributed by atoms with E-state index in [2.05, 4.69) is 10.6 Å². The van der Waals surface area contributed by atoms with Crippen molar-refractivity contribution in [3.8, 4) is 0 Å². The van der Waals surface area contributed by atoms with Crippen LogP contribution in [0.1, 0.15) is 33.6 Å². The van der Waals surface area contributed by atoms with E-state index in [0.29, 0.717) is 23.6 Å². The molecule has 1 heterocycles. The number of hydrogen-bond donors (Lipinski definition) is 2. The number of rotatable bonds is 5. The summed E-state index contributed by atoms with van der Waals surface area (Å²) < 4.78 is 0. The van der Waals surface area contributed by atoms with Crippen LogP contribution >= 0.6 is 12.4 Å². The predicted molar refractivity (Wildman–Crippen MR) is 111 cm³/mol. The monoisotopic (exact) mass is 387 g/mol. The fraction of sp³-hybridized carbons (Fsp3) is 0.333. The molecule has 5 nitrogen and oxygen atoms in total. The van der Waals surface area contributed by atoms with E-state index < -0.39 is 0 Å². The molecular weight excluding hydrogens is 362 g/mol. The molecule has 2 N–H and O–H groups in total. The third-order valence-electron chi connectivity index (χ3n) is 4.77. The Hall–Kier alpha value is -2.37. The molecule has 0 radical (unpaired) electrons. The second-order valence-corrected chi connectivity index (χ2v) is 6.70. The number of carbonyl (C=O) groups excluding carboxylic acids is 2. The smallest absolute Gasteiger partial charge is 0.258 e. The number of carbonyl (C=O) groups is 2. The number of amides is 2. The molecule has 6 heteroatoms. The van der Waals surface area contributed by atoms with Crippen LogP contribution in [0.15, 0.2) is 54.6 Å². The molecule has 1 aliphatic heterocycles. The standard InChI is InChI=1S/C21H25N3O2.ClH/c1-24(19-10-3-2-4-11-19)21(26)18-9-5-8-17(13-18)20(25)23-15-16-7-6-12-22-14-16;/h2-5,8-11,13,16,22H,6-7,12,14-15H2,1H3,(H,23,25);1H. The topological polar surface area (TPSA) is 61.4 Å². The molecule has 0 saturated carbocycles. The quantitative estimate of drug-likeness (QED) is 0.828. The van der Waals surface area contributed by atoms with E-state index in [1.807, 2.05) is 30.3 Å². The lowest BCUT2D eigenvalue weighted by molar-refractivity contribution is 0.0945. The first-order valence-corrected chi connectivity index (χ1v) is 9.07. The Bertz CT molecular complexity index is 761. The number of halogens is 1. The molecule has 0 aliphatic carbocycles. The second kappa shape index (κ2) is 10.1. The SMILES string of the molecule is CN(C(=O)c1cccc(C(=O)NCC2CCCNC2)c1)c1ccccc1.Cl. The molecule has 1 atom stereocenters. The summed E-state index contributed by atoms with van der Waals surface area (Å²) in [6.07, 6.45) is 2.28. The number of anilines is 1. The summed E-state index contributed by atoms with van der Waals surface area (Å²) in [5, 5.41) is 6.34. The predicted octanol–water partition coefficient (Wildman–Crippen LogP) is 3.11. The largest absolute Gasteiger partial charge is 0.352 e. The Labute approximate surface area is 166 Å². The van der Waals surface area contributed by atoms with Crippen molar-refractivity contribution in [2.75, 3.05) is 31.6 Å². The Morgan fingerprint density at radius 2 is 1.85 bits per heavy atom. The van der Waals surface area contributed by atoms with Gasteiger partial charge in [0.2, 0.25) is 0 Å². The molecule has 1 aliphatic rings. The fourth-order valence-corrected chi connectivity index (χ4v) is 3.19. The third kappa shape index (κ3) is 5.55. The highest BCUT2D eigenvalue weighted by atomic mass is 35.5. The first-order chi connectivity index (χ1) is 12.6. The van der Waals surface area contributed by atoms with E-state index in [1.165, 1.54) is 0 Å². The number of nitrogens with one attached hydrogen (secondary N) is 2. The number of piperidine rings is 1. The van der Waals surface area contributed by atoms with Crippen LogP contribution in [0.25, 0.3) is 0 Å². The summed E-state index contributed by atoms with van der Waals surface area (Å²) in [5.41, 5.74) is 1.83. The van der Waals surface area contributed by atoms with Crippen molar-refractivity contribution in [2.45, 2.75) is 12.8 Å². The van der Waals surface area contributed by atoms with Gasteiger partial charge in [-0.15, -0.1) is 12.4 Å². The minimum Gasteiger partial charge on any atom is -0.352 e. The van der Waals surface area contributed by atoms with Gasteiger partial charge in [0.25, 0.3) is 11.8 Å². The van der Waals surface area contributed by atoms with E-state index >= 15 is 0 Å². The van der Waals surface area contributed by atoms with Crippen molar-refractivity contribution in [3.63, 3.8) is 0 Å². The number of benzene rings is 2. The highest BCUT2D eigenvalue weighted by molar-refractivity contribution is 6.07. The molecule has 2 aromatic carbocycles. The molecule has 0 aromatic heterocycles. The van der Waals surface area contributed by atoms with Gasteiger partial charge in [0.15, 0.2) is 0 Å². The van der Waals surface area contributed by atoms with E-state index in [4.69, 9.17) is 0 Å². The van der Waals surface area contributed by atoms with Gasteiger partial charge >= 0.3 is 0 Å². The number of nitrogens with zero attached hydrogens (tertiary/aromatic N) is 1. The van der Waals surface area contributed by atoms with Crippen molar-refractivity contribution in [3.05, 3.63) is 65.7 Å². The summed E-state index contributed by atoms with van der Waals surface area (Å²) in [6, 6.07) is 16.4. The molecule has 144 valence electrons. The van der Waals surface area contributed by atoms with E-state index in [9.17, 15) is 9.59 Å². The van der Waals surface area contributed by atoms with Crippen molar-refractivity contribution in [1.82, 2.24) is 10.6 Å². The third-order valence-corrected chi connectivity index (χ3v) is 4.77. The molecule has 3 rings (SSSR count). The van der Waals surface area contributed by atoms with Crippen LogP contribution in [0.2, 0.25) is 0 Å². The Kier molecular flexibility index (Phi) is 7.82.